The van der Waals surface area contributed by atoms with Gasteiger partial charge in [0.15, 0.2) is 0 Å². The van der Waals surface area contributed by atoms with Crippen molar-refractivity contribution in [2.24, 2.45) is 0 Å². The van der Waals surface area contributed by atoms with Crippen molar-refractivity contribution in [2.75, 3.05) is 19.8 Å². The SMILES string of the molecule is Cc1cccc(C)c1OCCn1c(CCNC(=O)C2CCCO2)nc2ccccc21. The Morgan fingerprint density at radius 2 is 2.00 bits per heavy atom. The maximum Gasteiger partial charge on any atom is 0.249 e. The quantitative estimate of drug-likeness (QED) is 0.620. The molecule has 158 valence electrons. The van der Waals surface area contributed by atoms with Gasteiger partial charge < -0.3 is 19.4 Å². The first-order chi connectivity index (χ1) is 14.6. The number of fused-ring (bicyclic) bond motifs is 1. The van der Waals surface area contributed by atoms with E-state index in [1.165, 1.54) is 0 Å². The molecular weight excluding hydrogens is 378 g/mol. The van der Waals surface area contributed by atoms with E-state index in [2.05, 4.69) is 41.9 Å². The van der Waals surface area contributed by atoms with Crippen molar-refractivity contribution in [3.8, 4) is 5.75 Å². The summed E-state index contributed by atoms with van der Waals surface area (Å²) in [6, 6.07) is 14.3. The number of para-hydroxylation sites is 3. The van der Waals surface area contributed by atoms with Crippen LogP contribution in [0.25, 0.3) is 11.0 Å². The van der Waals surface area contributed by atoms with Gasteiger partial charge in [0.1, 0.15) is 24.3 Å². The van der Waals surface area contributed by atoms with E-state index in [-0.39, 0.29) is 12.0 Å². The van der Waals surface area contributed by atoms with Crippen LogP contribution >= 0.6 is 0 Å². The number of amides is 1. The second-order valence-corrected chi connectivity index (χ2v) is 7.78. The third-order valence-corrected chi connectivity index (χ3v) is 5.57. The van der Waals surface area contributed by atoms with E-state index in [0.29, 0.717) is 32.7 Å². The number of aromatic nitrogens is 2. The van der Waals surface area contributed by atoms with Gasteiger partial charge in [0.2, 0.25) is 5.91 Å². The summed E-state index contributed by atoms with van der Waals surface area (Å²) in [5.41, 5.74) is 4.33. The lowest BCUT2D eigenvalue weighted by Crippen LogP contribution is -2.35. The topological polar surface area (TPSA) is 65.4 Å². The number of nitrogens with zero attached hydrogens (tertiary/aromatic N) is 2. The standard InChI is InChI=1S/C24H29N3O3/c1-17-7-5-8-18(2)23(17)30-16-14-27-20-10-4-3-9-19(20)26-22(27)12-13-25-24(28)21-11-6-15-29-21/h3-5,7-10,21H,6,11-16H2,1-2H3,(H,25,28). The normalized spacial score (nSPS) is 16.1. The highest BCUT2D eigenvalue weighted by atomic mass is 16.5. The lowest BCUT2D eigenvalue weighted by molar-refractivity contribution is -0.130. The molecule has 1 fully saturated rings. The van der Waals surface area contributed by atoms with Crippen molar-refractivity contribution in [3.63, 3.8) is 0 Å². The van der Waals surface area contributed by atoms with Crippen molar-refractivity contribution in [1.29, 1.82) is 0 Å². The van der Waals surface area contributed by atoms with Crippen LogP contribution in [-0.2, 0) is 22.5 Å². The maximum absolute atomic E-state index is 12.2. The molecular formula is C24H29N3O3. The van der Waals surface area contributed by atoms with Crippen LogP contribution in [0.15, 0.2) is 42.5 Å². The molecule has 3 aromatic rings. The Balaban J connectivity index is 1.43. The third-order valence-electron chi connectivity index (χ3n) is 5.57. The summed E-state index contributed by atoms with van der Waals surface area (Å²) >= 11 is 0. The van der Waals surface area contributed by atoms with Crippen LogP contribution in [0.4, 0.5) is 0 Å². The van der Waals surface area contributed by atoms with Gasteiger partial charge in [-0.15, -0.1) is 0 Å². The number of imidazole rings is 1. The highest BCUT2D eigenvalue weighted by molar-refractivity contribution is 5.81. The Hall–Kier alpha value is -2.86. The van der Waals surface area contributed by atoms with Crippen LogP contribution in [0, 0.1) is 13.8 Å². The molecule has 0 aliphatic carbocycles. The van der Waals surface area contributed by atoms with Gasteiger partial charge in [-0.05, 0) is 49.9 Å². The molecule has 0 saturated carbocycles. The molecule has 2 aromatic carbocycles. The molecule has 0 spiro atoms. The Kier molecular flexibility index (Phi) is 6.33. The van der Waals surface area contributed by atoms with E-state index < -0.39 is 0 Å². The zero-order valence-corrected chi connectivity index (χ0v) is 17.7. The molecule has 30 heavy (non-hydrogen) atoms. The summed E-state index contributed by atoms with van der Waals surface area (Å²) in [4.78, 5) is 17.0. The highest BCUT2D eigenvalue weighted by Crippen LogP contribution is 2.23. The minimum atomic E-state index is -0.297. The van der Waals surface area contributed by atoms with Gasteiger partial charge in [-0.2, -0.15) is 0 Å². The number of rotatable bonds is 8. The van der Waals surface area contributed by atoms with Gasteiger partial charge in [-0.25, -0.2) is 4.98 Å². The van der Waals surface area contributed by atoms with E-state index in [1.54, 1.807) is 0 Å². The highest BCUT2D eigenvalue weighted by Gasteiger charge is 2.23. The van der Waals surface area contributed by atoms with Crippen LogP contribution in [0.2, 0.25) is 0 Å². The molecule has 0 radical (unpaired) electrons. The fourth-order valence-electron chi connectivity index (χ4n) is 4.03. The van der Waals surface area contributed by atoms with Crippen molar-refractivity contribution in [1.82, 2.24) is 14.9 Å². The van der Waals surface area contributed by atoms with E-state index >= 15 is 0 Å². The molecule has 1 aliphatic rings. The second kappa shape index (κ2) is 9.30. The van der Waals surface area contributed by atoms with E-state index in [9.17, 15) is 4.79 Å². The van der Waals surface area contributed by atoms with Crippen LogP contribution in [0.5, 0.6) is 5.75 Å². The Morgan fingerprint density at radius 1 is 1.20 bits per heavy atom. The molecule has 1 N–H and O–H groups in total. The lowest BCUT2D eigenvalue weighted by Gasteiger charge is -2.14. The zero-order valence-electron chi connectivity index (χ0n) is 17.7. The first kappa shape index (κ1) is 20.4. The van der Waals surface area contributed by atoms with Crippen LogP contribution < -0.4 is 10.1 Å². The largest absolute Gasteiger partial charge is 0.491 e. The molecule has 2 heterocycles. The number of benzene rings is 2. The molecule has 1 unspecified atom stereocenters. The van der Waals surface area contributed by atoms with Gasteiger partial charge >= 0.3 is 0 Å². The monoisotopic (exact) mass is 407 g/mol. The Bertz CT molecular complexity index is 1000. The van der Waals surface area contributed by atoms with Crippen LogP contribution in [-0.4, -0.2) is 41.3 Å². The molecule has 6 nitrogen and oxygen atoms in total. The van der Waals surface area contributed by atoms with Gasteiger partial charge in [0.25, 0.3) is 0 Å². The minimum Gasteiger partial charge on any atom is -0.491 e. The second-order valence-electron chi connectivity index (χ2n) is 7.78. The van der Waals surface area contributed by atoms with Gasteiger partial charge in [0, 0.05) is 19.6 Å². The summed E-state index contributed by atoms with van der Waals surface area (Å²) in [7, 11) is 0. The fraction of sp³-hybridized carbons (Fsp3) is 0.417. The van der Waals surface area contributed by atoms with Crippen LogP contribution in [0.3, 0.4) is 0 Å². The van der Waals surface area contributed by atoms with E-state index in [0.717, 1.165) is 46.6 Å². The summed E-state index contributed by atoms with van der Waals surface area (Å²) in [5.74, 6) is 1.88. The first-order valence-corrected chi connectivity index (χ1v) is 10.7. The number of ether oxygens (including phenoxy) is 2. The van der Waals surface area contributed by atoms with Gasteiger partial charge in [-0.1, -0.05) is 30.3 Å². The third kappa shape index (κ3) is 4.49. The van der Waals surface area contributed by atoms with Crippen molar-refractivity contribution < 1.29 is 14.3 Å². The molecule has 1 atom stereocenters. The lowest BCUT2D eigenvalue weighted by atomic mass is 10.1. The average molecular weight is 408 g/mol. The van der Waals surface area contributed by atoms with E-state index in [1.807, 2.05) is 24.3 Å². The van der Waals surface area contributed by atoms with Crippen molar-refractivity contribution in [3.05, 3.63) is 59.4 Å². The summed E-state index contributed by atoms with van der Waals surface area (Å²) < 4.78 is 13.8. The smallest absolute Gasteiger partial charge is 0.249 e. The van der Waals surface area contributed by atoms with Crippen LogP contribution in [0.1, 0.15) is 29.8 Å². The molecule has 1 aliphatic heterocycles. The predicted octanol–water partition coefficient (Wildman–Crippen LogP) is 3.57. The first-order valence-electron chi connectivity index (χ1n) is 10.7. The number of hydrogen-bond donors (Lipinski definition) is 1. The fourth-order valence-corrected chi connectivity index (χ4v) is 4.03. The molecule has 1 saturated heterocycles. The summed E-state index contributed by atoms with van der Waals surface area (Å²) in [6.45, 7) is 6.60. The summed E-state index contributed by atoms with van der Waals surface area (Å²) in [5, 5.41) is 2.99. The number of carbonyl (C=O) groups is 1. The Labute approximate surface area is 177 Å². The number of hydrogen-bond acceptors (Lipinski definition) is 4. The van der Waals surface area contributed by atoms with Crippen molar-refractivity contribution in [2.45, 2.75) is 45.8 Å². The molecule has 6 heteroatoms. The molecule has 1 aromatic heterocycles. The zero-order chi connectivity index (χ0) is 20.9. The van der Waals surface area contributed by atoms with E-state index in [4.69, 9.17) is 14.5 Å². The molecule has 0 bridgehead atoms. The minimum absolute atomic E-state index is 0.0199. The number of carbonyl (C=O) groups excluding carboxylic acids is 1. The van der Waals surface area contributed by atoms with Crippen molar-refractivity contribution >= 4 is 16.9 Å². The molecule has 1 amide bonds. The van der Waals surface area contributed by atoms with Gasteiger partial charge in [0.05, 0.1) is 17.6 Å². The van der Waals surface area contributed by atoms with Gasteiger partial charge in [-0.3, -0.25) is 4.79 Å². The summed E-state index contributed by atoms with van der Waals surface area (Å²) in [6.07, 6.45) is 2.12. The maximum atomic E-state index is 12.2. The molecule has 4 rings (SSSR count). The number of aryl methyl sites for hydroxylation is 2. The average Bonchev–Trinajstić information content (AvgIpc) is 3.39. The Morgan fingerprint density at radius 3 is 2.77 bits per heavy atom. The predicted molar refractivity (Wildman–Crippen MR) is 117 cm³/mol. The number of nitrogens with one attached hydrogen (secondary N) is 1.